The first-order chi connectivity index (χ1) is 9.60. The maximum Gasteiger partial charge on any atom is 0.275 e. The molecule has 0 radical (unpaired) electrons. The summed E-state index contributed by atoms with van der Waals surface area (Å²) in [5, 5.41) is 15.0. The number of benzene rings is 1. The molecule has 0 saturated carbocycles. The van der Waals surface area contributed by atoms with Crippen LogP contribution >= 0.6 is 23.4 Å². The predicted octanol–water partition coefficient (Wildman–Crippen LogP) is 4.23. The number of anilines is 1. The van der Waals surface area contributed by atoms with Crippen molar-refractivity contribution in [2.45, 2.75) is 16.8 Å². The van der Waals surface area contributed by atoms with Crippen LogP contribution in [0.1, 0.15) is 6.92 Å². The van der Waals surface area contributed by atoms with Crippen molar-refractivity contribution in [1.82, 2.24) is 4.98 Å². The van der Waals surface area contributed by atoms with Gasteiger partial charge in [-0.3, -0.25) is 10.1 Å². The Labute approximate surface area is 125 Å². The molecule has 0 aliphatic rings. The van der Waals surface area contributed by atoms with Gasteiger partial charge in [-0.05, 0) is 19.1 Å². The lowest BCUT2D eigenvalue weighted by Gasteiger charge is -2.06. The average Bonchev–Trinajstić information content (AvgIpc) is 2.41. The molecule has 0 amide bonds. The van der Waals surface area contributed by atoms with Gasteiger partial charge in [0.25, 0.3) is 5.69 Å². The Kier molecular flexibility index (Phi) is 4.81. The Bertz CT molecular complexity index is 637. The Morgan fingerprint density at radius 1 is 1.40 bits per heavy atom. The number of aromatic nitrogens is 1. The zero-order chi connectivity index (χ0) is 14.5. The molecule has 104 valence electrons. The van der Waals surface area contributed by atoms with E-state index in [4.69, 9.17) is 11.6 Å². The van der Waals surface area contributed by atoms with Gasteiger partial charge in [0, 0.05) is 17.5 Å². The van der Waals surface area contributed by atoms with E-state index in [-0.39, 0.29) is 5.69 Å². The molecule has 7 heteroatoms. The largest absolute Gasteiger partial charge is 0.370 e. The van der Waals surface area contributed by atoms with Gasteiger partial charge in [-0.25, -0.2) is 4.98 Å². The second-order valence-corrected chi connectivity index (χ2v) is 5.34. The van der Waals surface area contributed by atoms with E-state index >= 15 is 0 Å². The lowest BCUT2D eigenvalue weighted by Crippen LogP contribution is -2.01. The maximum atomic E-state index is 10.9. The first kappa shape index (κ1) is 14.6. The van der Waals surface area contributed by atoms with Crippen LogP contribution in [0.25, 0.3) is 0 Å². The number of halogens is 1. The molecule has 0 saturated heterocycles. The van der Waals surface area contributed by atoms with Crippen molar-refractivity contribution < 1.29 is 4.92 Å². The minimum Gasteiger partial charge on any atom is -0.370 e. The quantitative estimate of drug-likeness (QED) is 0.661. The van der Waals surface area contributed by atoms with Crippen LogP contribution in [0.5, 0.6) is 0 Å². The number of nitrogens with zero attached hydrogens (tertiary/aromatic N) is 2. The second kappa shape index (κ2) is 6.58. The highest BCUT2D eigenvalue weighted by Gasteiger charge is 2.12. The molecule has 0 aliphatic heterocycles. The zero-order valence-corrected chi connectivity index (χ0v) is 12.2. The minimum absolute atomic E-state index is 0.00510. The number of hydrogen-bond donors (Lipinski definition) is 1. The first-order valence-corrected chi connectivity index (χ1v) is 7.12. The van der Waals surface area contributed by atoms with Gasteiger partial charge in [0.1, 0.15) is 10.8 Å². The van der Waals surface area contributed by atoms with E-state index in [1.807, 2.05) is 25.1 Å². The molecule has 0 unspecified atom stereocenters. The summed E-state index contributed by atoms with van der Waals surface area (Å²) in [5.74, 6) is 0.483. The summed E-state index contributed by atoms with van der Waals surface area (Å²) in [6, 6.07) is 10.2. The van der Waals surface area contributed by atoms with Crippen LogP contribution in [0, 0.1) is 10.1 Å². The highest BCUT2D eigenvalue weighted by Crippen LogP contribution is 2.34. The van der Waals surface area contributed by atoms with E-state index < -0.39 is 4.92 Å². The van der Waals surface area contributed by atoms with Crippen molar-refractivity contribution in [2.75, 3.05) is 11.9 Å². The van der Waals surface area contributed by atoms with Crippen molar-refractivity contribution in [1.29, 1.82) is 0 Å². The molecule has 2 aromatic rings. The van der Waals surface area contributed by atoms with E-state index in [0.29, 0.717) is 22.4 Å². The molecule has 20 heavy (non-hydrogen) atoms. The molecule has 0 atom stereocenters. The third-order valence-corrected chi connectivity index (χ3v) is 3.84. The smallest absolute Gasteiger partial charge is 0.275 e. The van der Waals surface area contributed by atoms with Crippen LogP contribution in [-0.2, 0) is 0 Å². The Hall–Kier alpha value is -1.79. The fourth-order valence-corrected chi connectivity index (χ4v) is 2.67. The van der Waals surface area contributed by atoms with Crippen LogP contribution < -0.4 is 5.32 Å². The van der Waals surface area contributed by atoms with E-state index in [1.54, 1.807) is 6.07 Å². The van der Waals surface area contributed by atoms with Gasteiger partial charge >= 0.3 is 0 Å². The van der Waals surface area contributed by atoms with Gasteiger partial charge in [0.05, 0.1) is 16.0 Å². The van der Waals surface area contributed by atoms with Crippen LogP contribution in [0.4, 0.5) is 11.5 Å². The molecule has 0 fully saturated rings. The van der Waals surface area contributed by atoms with Gasteiger partial charge in [-0.2, -0.15) is 0 Å². The Morgan fingerprint density at radius 2 is 2.15 bits per heavy atom. The summed E-state index contributed by atoms with van der Waals surface area (Å²) < 4.78 is 0. The summed E-state index contributed by atoms with van der Waals surface area (Å²) >= 11 is 7.38. The van der Waals surface area contributed by atoms with E-state index in [9.17, 15) is 10.1 Å². The van der Waals surface area contributed by atoms with E-state index in [1.165, 1.54) is 23.9 Å². The standard InChI is InChI=1S/C13H12ClN3O2S/c1-2-15-12-7-9(17(18)19)8-13(16-12)20-11-6-4-3-5-10(11)14/h3-8H,2H2,1H3,(H,15,16). The normalized spacial score (nSPS) is 10.3. The van der Waals surface area contributed by atoms with E-state index in [0.717, 1.165) is 4.90 Å². The third-order valence-electron chi connectivity index (χ3n) is 2.41. The van der Waals surface area contributed by atoms with Gasteiger partial charge in [0.15, 0.2) is 0 Å². The molecule has 0 aliphatic carbocycles. The molecule has 0 bridgehead atoms. The number of hydrogen-bond acceptors (Lipinski definition) is 5. The van der Waals surface area contributed by atoms with Crippen LogP contribution in [-0.4, -0.2) is 16.5 Å². The Balaban J connectivity index is 2.35. The fraction of sp³-hybridized carbons (Fsp3) is 0.154. The van der Waals surface area contributed by atoms with Crippen molar-refractivity contribution in [3.05, 3.63) is 51.5 Å². The van der Waals surface area contributed by atoms with Crippen molar-refractivity contribution in [2.24, 2.45) is 0 Å². The zero-order valence-electron chi connectivity index (χ0n) is 10.7. The number of nitrogens with one attached hydrogen (secondary N) is 1. The summed E-state index contributed by atoms with van der Waals surface area (Å²) in [6.45, 7) is 2.55. The highest BCUT2D eigenvalue weighted by molar-refractivity contribution is 7.99. The molecule has 1 aromatic carbocycles. The minimum atomic E-state index is -0.431. The highest BCUT2D eigenvalue weighted by atomic mass is 35.5. The topological polar surface area (TPSA) is 68.1 Å². The summed E-state index contributed by atoms with van der Waals surface area (Å²) in [5.41, 5.74) is 0.00510. The van der Waals surface area contributed by atoms with Crippen molar-refractivity contribution in [3.63, 3.8) is 0 Å². The molecule has 0 spiro atoms. The predicted molar refractivity (Wildman–Crippen MR) is 80.6 cm³/mol. The van der Waals surface area contributed by atoms with Crippen molar-refractivity contribution in [3.8, 4) is 0 Å². The molecule has 1 N–H and O–H groups in total. The van der Waals surface area contributed by atoms with Gasteiger partial charge in [0.2, 0.25) is 0 Å². The molecule has 2 rings (SSSR count). The molecule has 1 aromatic heterocycles. The maximum absolute atomic E-state index is 10.9. The number of rotatable bonds is 5. The molecule has 1 heterocycles. The molecule has 5 nitrogen and oxygen atoms in total. The Morgan fingerprint density at radius 3 is 2.80 bits per heavy atom. The lowest BCUT2D eigenvalue weighted by atomic mass is 10.4. The molecular formula is C13H12ClN3O2S. The van der Waals surface area contributed by atoms with Crippen LogP contribution in [0.3, 0.4) is 0 Å². The van der Waals surface area contributed by atoms with Crippen molar-refractivity contribution >= 4 is 34.9 Å². The van der Waals surface area contributed by atoms with Gasteiger partial charge < -0.3 is 5.32 Å². The lowest BCUT2D eigenvalue weighted by molar-refractivity contribution is -0.385. The van der Waals surface area contributed by atoms with Gasteiger partial charge in [-0.15, -0.1) is 0 Å². The first-order valence-electron chi connectivity index (χ1n) is 5.93. The number of nitro groups is 1. The van der Waals surface area contributed by atoms with E-state index in [2.05, 4.69) is 10.3 Å². The van der Waals surface area contributed by atoms with Crippen LogP contribution in [0.2, 0.25) is 5.02 Å². The summed E-state index contributed by atoms with van der Waals surface area (Å²) in [6.07, 6.45) is 0. The third kappa shape index (κ3) is 3.61. The second-order valence-electron chi connectivity index (χ2n) is 3.87. The average molecular weight is 310 g/mol. The van der Waals surface area contributed by atoms with Crippen LogP contribution in [0.15, 0.2) is 46.3 Å². The monoisotopic (exact) mass is 309 g/mol. The summed E-state index contributed by atoms with van der Waals surface area (Å²) in [7, 11) is 0. The van der Waals surface area contributed by atoms with Gasteiger partial charge in [-0.1, -0.05) is 35.5 Å². The number of pyridine rings is 1. The summed E-state index contributed by atoms with van der Waals surface area (Å²) in [4.78, 5) is 15.7. The molecular weight excluding hydrogens is 298 g/mol. The SMILES string of the molecule is CCNc1cc([N+](=O)[O-])cc(Sc2ccccc2Cl)n1. The fourth-order valence-electron chi connectivity index (χ4n) is 1.56.